The summed E-state index contributed by atoms with van der Waals surface area (Å²) in [7, 11) is 1.36. The molecule has 3 amide bonds. The highest BCUT2D eigenvalue weighted by molar-refractivity contribution is 7.18. The maximum atomic E-state index is 14.8. The highest BCUT2D eigenvalue weighted by Gasteiger charge is 2.37. The number of carbonyl (C=O) groups excluding carboxylic acids is 3. The monoisotopic (exact) mass is 736 g/mol. The number of rotatable bonds is 10. The van der Waals surface area contributed by atoms with Crippen LogP contribution < -0.4 is 10.1 Å². The van der Waals surface area contributed by atoms with Crippen LogP contribution in [0.25, 0.3) is 21.5 Å². The van der Waals surface area contributed by atoms with E-state index in [0.29, 0.717) is 43.3 Å². The number of carbonyl (C=O) groups is 3. The lowest BCUT2D eigenvalue weighted by Gasteiger charge is -2.41. The number of hydrogen-bond acceptors (Lipinski definition) is 9. The van der Waals surface area contributed by atoms with Gasteiger partial charge in [-0.1, -0.05) is 73.5 Å². The fourth-order valence-corrected chi connectivity index (χ4v) is 8.19. The van der Waals surface area contributed by atoms with Crippen molar-refractivity contribution in [3.05, 3.63) is 101 Å². The second-order valence-electron chi connectivity index (χ2n) is 13.4. The number of imidazole rings is 1. The number of alkyl carbamates (subject to hydrolysis) is 1. The van der Waals surface area contributed by atoms with Gasteiger partial charge in [0.05, 0.1) is 59.1 Å². The van der Waals surface area contributed by atoms with E-state index >= 15 is 0 Å². The summed E-state index contributed by atoms with van der Waals surface area (Å²) in [6, 6.07) is 24.5. The van der Waals surface area contributed by atoms with Crippen molar-refractivity contribution in [2.75, 3.05) is 33.4 Å². The van der Waals surface area contributed by atoms with E-state index in [9.17, 15) is 14.4 Å². The standard InChI is InChI=1S/C40H44N6O6S/c1-27-42-33-23-31(17-18-35(33)53-27)51-22-19-30-24-44(40(49)52-25-28-11-5-3-6-12-28)20-21-45(30)38(47)36-37(29-13-7-4-8-14-29)46(26-41-36)34-16-10-9-15-32(34)43-39(48)50-2/h3-8,11-14,17-18,23,26,30,32,34H,9-10,15-16,19-22,24-25H2,1-2H3,(H,43,48)/t30-,32+,34+/m1/s1. The Morgan fingerprint density at radius 3 is 2.53 bits per heavy atom. The molecule has 7 rings (SSSR count). The Morgan fingerprint density at radius 1 is 0.962 bits per heavy atom. The van der Waals surface area contributed by atoms with Crippen LogP contribution in [0.1, 0.15) is 59.2 Å². The Labute approximate surface area is 312 Å². The van der Waals surface area contributed by atoms with E-state index in [0.717, 1.165) is 52.0 Å². The van der Waals surface area contributed by atoms with Crippen LogP contribution in [0.5, 0.6) is 5.75 Å². The molecule has 1 aliphatic heterocycles. The highest BCUT2D eigenvalue weighted by Crippen LogP contribution is 2.36. The van der Waals surface area contributed by atoms with Gasteiger partial charge in [0.2, 0.25) is 0 Å². The number of hydrogen-bond donors (Lipinski definition) is 1. The van der Waals surface area contributed by atoms with Crippen LogP contribution in [-0.2, 0) is 16.1 Å². The summed E-state index contributed by atoms with van der Waals surface area (Å²) in [5.41, 5.74) is 3.67. The molecular formula is C40H44N6O6S. The number of nitrogens with one attached hydrogen (secondary N) is 1. The number of aromatic nitrogens is 3. The molecule has 13 heteroatoms. The van der Waals surface area contributed by atoms with Crippen molar-refractivity contribution >= 4 is 39.6 Å². The van der Waals surface area contributed by atoms with Gasteiger partial charge in [0.15, 0.2) is 5.69 Å². The van der Waals surface area contributed by atoms with Crippen molar-refractivity contribution < 1.29 is 28.6 Å². The Kier molecular flexibility index (Phi) is 11.2. The smallest absolute Gasteiger partial charge is 0.410 e. The van der Waals surface area contributed by atoms with Crippen LogP contribution in [0.2, 0.25) is 0 Å². The first-order valence-corrected chi connectivity index (χ1v) is 18.9. The van der Waals surface area contributed by atoms with Crippen LogP contribution in [0.4, 0.5) is 9.59 Å². The van der Waals surface area contributed by atoms with Gasteiger partial charge in [-0.3, -0.25) is 4.79 Å². The van der Waals surface area contributed by atoms with Crippen molar-refractivity contribution in [1.29, 1.82) is 0 Å². The van der Waals surface area contributed by atoms with Crippen molar-refractivity contribution in [3.63, 3.8) is 0 Å². The van der Waals surface area contributed by atoms with Gasteiger partial charge in [-0.15, -0.1) is 11.3 Å². The normalized spacial score (nSPS) is 18.8. The third-order valence-electron chi connectivity index (χ3n) is 10.0. The third kappa shape index (κ3) is 8.30. The van der Waals surface area contributed by atoms with E-state index in [1.54, 1.807) is 22.6 Å². The number of amides is 3. The van der Waals surface area contributed by atoms with Gasteiger partial charge in [-0.25, -0.2) is 19.6 Å². The predicted octanol–water partition coefficient (Wildman–Crippen LogP) is 7.24. The molecule has 1 aliphatic carbocycles. The fraction of sp³-hybridized carbons (Fsp3) is 0.375. The summed E-state index contributed by atoms with van der Waals surface area (Å²) in [4.78, 5) is 53.3. The van der Waals surface area contributed by atoms with Crippen LogP contribution >= 0.6 is 11.3 Å². The van der Waals surface area contributed by atoms with E-state index in [2.05, 4.69) is 10.3 Å². The van der Waals surface area contributed by atoms with E-state index in [4.69, 9.17) is 19.2 Å². The molecule has 0 radical (unpaired) electrons. The highest BCUT2D eigenvalue weighted by atomic mass is 32.1. The van der Waals surface area contributed by atoms with Gasteiger partial charge in [-0.2, -0.15) is 0 Å². The largest absolute Gasteiger partial charge is 0.493 e. The molecule has 276 valence electrons. The molecule has 0 unspecified atom stereocenters. The Hall–Kier alpha value is -5.43. The number of piperazine rings is 1. The van der Waals surface area contributed by atoms with Crippen molar-refractivity contribution in [2.45, 2.75) is 63.8 Å². The minimum absolute atomic E-state index is 0.119. The van der Waals surface area contributed by atoms with Crippen molar-refractivity contribution in [1.82, 2.24) is 29.7 Å². The number of nitrogens with zero attached hydrogens (tertiary/aromatic N) is 5. The molecule has 1 saturated carbocycles. The Balaban J connectivity index is 1.15. The summed E-state index contributed by atoms with van der Waals surface area (Å²) in [6.07, 6.45) is 4.85. The molecular weight excluding hydrogens is 693 g/mol. The zero-order valence-corrected chi connectivity index (χ0v) is 30.8. The molecule has 12 nitrogen and oxygen atoms in total. The summed E-state index contributed by atoms with van der Waals surface area (Å²) < 4.78 is 20.0. The Morgan fingerprint density at radius 2 is 1.74 bits per heavy atom. The molecule has 2 aliphatic rings. The first-order chi connectivity index (χ1) is 25.9. The maximum Gasteiger partial charge on any atom is 0.410 e. The molecule has 1 N–H and O–H groups in total. The lowest BCUT2D eigenvalue weighted by Crippen LogP contribution is -2.57. The lowest BCUT2D eigenvalue weighted by molar-refractivity contribution is 0.0318. The van der Waals surface area contributed by atoms with Crippen molar-refractivity contribution in [3.8, 4) is 17.0 Å². The minimum Gasteiger partial charge on any atom is -0.493 e. The Bertz CT molecular complexity index is 2040. The average Bonchev–Trinajstić information content (AvgIpc) is 3.80. The number of thiazole rings is 1. The van der Waals surface area contributed by atoms with E-state index < -0.39 is 12.2 Å². The number of fused-ring (bicyclic) bond motifs is 1. The first kappa shape index (κ1) is 36.0. The molecule has 1 saturated heterocycles. The van der Waals surface area contributed by atoms with E-state index in [1.807, 2.05) is 95.3 Å². The number of methoxy groups -OCH3 is 1. The first-order valence-electron chi connectivity index (χ1n) is 18.1. The van der Waals surface area contributed by atoms with Crippen molar-refractivity contribution in [2.24, 2.45) is 0 Å². The van der Waals surface area contributed by atoms with Gasteiger partial charge in [0, 0.05) is 37.7 Å². The predicted molar refractivity (Wildman–Crippen MR) is 202 cm³/mol. The number of aryl methyl sites for hydroxylation is 1. The molecule has 5 aromatic rings. The topological polar surface area (TPSA) is 128 Å². The number of ether oxygens (including phenoxy) is 3. The van der Waals surface area contributed by atoms with Crippen LogP contribution in [-0.4, -0.2) is 87.9 Å². The second-order valence-corrected chi connectivity index (χ2v) is 14.7. The molecule has 0 spiro atoms. The second kappa shape index (κ2) is 16.5. The zero-order valence-electron chi connectivity index (χ0n) is 30.0. The van der Waals surface area contributed by atoms with E-state index in [-0.39, 0.29) is 37.2 Å². The van der Waals surface area contributed by atoms with Gasteiger partial charge in [0.25, 0.3) is 5.91 Å². The quantitative estimate of drug-likeness (QED) is 0.159. The average molecular weight is 737 g/mol. The summed E-state index contributed by atoms with van der Waals surface area (Å²) in [5, 5.41) is 4.01. The maximum absolute atomic E-state index is 14.8. The zero-order chi connectivity index (χ0) is 36.7. The third-order valence-corrected chi connectivity index (χ3v) is 11.0. The molecule has 2 fully saturated rings. The van der Waals surface area contributed by atoms with Crippen LogP contribution in [0.15, 0.2) is 85.2 Å². The summed E-state index contributed by atoms with van der Waals surface area (Å²) >= 11 is 1.64. The van der Waals surface area contributed by atoms with E-state index in [1.165, 1.54) is 7.11 Å². The summed E-state index contributed by atoms with van der Waals surface area (Å²) in [5.74, 6) is 0.473. The lowest BCUT2D eigenvalue weighted by atomic mass is 9.89. The molecule has 2 aromatic heterocycles. The van der Waals surface area contributed by atoms with Gasteiger partial charge in [-0.05, 0) is 37.5 Å². The molecule has 0 bridgehead atoms. The minimum atomic E-state index is -0.480. The number of benzene rings is 3. The summed E-state index contributed by atoms with van der Waals surface area (Å²) in [6.45, 7) is 3.35. The molecule has 3 aromatic carbocycles. The van der Waals surface area contributed by atoms with Crippen LogP contribution in [0, 0.1) is 6.92 Å². The SMILES string of the molecule is COC(=O)N[C@H]1CCCC[C@@H]1n1cnc(C(=O)N2CCN(C(=O)OCc3ccccc3)C[C@H]2CCOc2ccc3sc(C)nc3c2)c1-c1ccccc1. The van der Waals surface area contributed by atoms with Gasteiger partial charge in [0.1, 0.15) is 12.4 Å². The molecule has 3 atom stereocenters. The molecule has 53 heavy (non-hydrogen) atoms. The van der Waals surface area contributed by atoms with Crippen LogP contribution in [0.3, 0.4) is 0 Å². The van der Waals surface area contributed by atoms with Gasteiger partial charge >= 0.3 is 12.2 Å². The van der Waals surface area contributed by atoms with Gasteiger partial charge < -0.3 is 33.9 Å². The fourth-order valence-electron chi connectivity index (χ4n) is 7.38. The molecule has 3 heterocycles.